The highest BCUT2D eigenvalue weighted by atomic mass is 28.3. The van der Waals surface area contributed by atoms with Gasteiger partial charge in [-0.3, -0.25) is 0 Å². The van der Waals surface area contributed by atoms with E-state index in [0.29, 0.717) is 0 Å². The molecule has 1 rings (SSSR count). The van der Waals surface area contributed by atoms with Crippen molar-refractivity contribution in [3.63, 3.8) is 0 Å². The lowest BCUT2D eigenvalue weighted by Crippen LogP contribution is -2.63. The van der Waals surface area contributed by atoms with Crippen molar-refractivity contribution < 1.29 is 4.74 Å². The summed E-state index contributed by atoms with van der Waals surface area (Å²) in [6, 6.07) is 0. The second-order valence-corrected chi connectivity index (χ2v) is 7.23. The first-order valence-corrected chi connectivity index (χ1v) is 7.63. The summed E-state index contributed by atoms with van der Waals surface area (Å²) in [5.41, 5.74) is 11.6. The zero-order chi connectivity index (χ0) is 9.19. The molecular weight excluding hydrogens is 168 g/mol. The molecule has 1 aliphatic rings. The van der Waals surface area contributed by atoms with Crippen molar-refractivity contribution in [2.45, 2.75) is 43.7 Å². The maximum absolute atomic E-state index is 5.80. The van der Waals surface area contributed by atoms with Crippen LogP contribution in [0, 0.1) is 0 Å². The van der Waals surface area contributed by atoms with E-state index < -0.39 is 8.80 Å². The Balaban J connectivity index is 2.70. The summed E-state index contributed by atoms with van der Waals surface area (Å²) in [6.07, 6.45) is 3.16. The van der Waals surface area contributed by atoms with Gasteiger partial charge in [-0.05, 0) is 19.3 Å². The van der Waals surface area contributed by atoms with Gasteiger partial charge in [-0.2, -0.15) is 0 Å². The Morgan fingerprint density at radius 2 is 2.00 bits per heavy atom. The Morgan fingerprint density at radius 1 is 1.33 bits per heavy atom. The molecule has 0 radical (unpaired) electrons. The summed E-state index contributed by atoms with van der Waals surface area (Å²) in [4.78, 5) is 0. The summed E-state index contributed by atoms with van der Waals surface area (Å²) >= 11 is 0. The second-order valence-electron chi connectivity index (χ2n) is 3.94. The summed E-state index contributed by atoms with van der Waals surface area (Å²) in [5.74, 6) is 0. The van der Waals surface area contributed by atoms with E-state index in [1.54, 1.807) is 0 Å². The van der Waals surface area contributed by atoms with Gasteiger partial charge in [-0.1, -0.05) is 13.1 Å². The van der Waals surface area contributed by atoms with E-state index in [9.17, 15) is 0 Å². The molecule has 0 aliphatic carbocycles. The summed E-state index contributed by atoms with van der Waals surface area (Å²) in [7, 11) is -0.918. The fourth-order valence-corrected chi connectivity index (χ4v) is 3.94. The fourth-order valence-electron chi connectivity index (χ4n) is 1.94. The first kappa shape index (κ1) is 10.2. The highest BCUT2D eigenvalue weighted by Gasteiger charge is 2.40. The maximum atomic E-state index is 5.80. The third kappa shape index (κ3) is 1.71. The minimum Gasteiger partial charge on any atom is -0.376 e. The van der Waals surface area contributed by atoms with Gasteiger partial charge in [0.1, 0.15) is 0 Å². The van der Waals surface area contributed by atoms with Crippen LogP contribution in [0.5, 0.6) is 0 Å². The Labute approximate surface area is 76.1 Å². The predicted molar refractivity (Wildman–Crippen MR) is 53.6 cm³/mol. The van der Waals surface area contributed by atoms with Gasteiger partial charge in [0.15, 0.2) is 0 Å². The van der Waals surface area contributed by atoms with E-state index in [0.717, 1.165) is 19.4 Å². The Hall–Kier alpha value is 0.0969. The molecule has 3 nitrogen and oxygen atoms in total. The lowest BCUT2D eigenvalue weighted by Gasteiger charge is -2.43. The molecule has 0 aromatic carbocycles. The number of hydrogen-bond donors (Lipinski definition) is 2. The molecule has 0 bridgehead atoms. The average molecular weight is 188 g/mol. The van der Waals surface area contributed by atoms with Crippen LogP contribution in [0.25, 0.3) is 0 Å². The molecule has 0 aromatic rings. The smallest absolute Gasteiger partial charge is 0.0821 e. The van der Waals surface area contributed by atoms with Crippen molar-refractivity contribution in [2.24, 2.45) is 11.5 Å². The van der Waals surface area contributed by atoms with Crippen LogP contribution in [0.2, 0.25) is 13.1 Å². The highest BCUT2D eigenvalue weighted by molar-refractivity contribution is 6.59. The quantitative estimate of drug-likeness (QED) is 0.480. The lowest BCUT2D eigenvalue weighted by atomic mass is 10.1. The molecular formula is C8H20N2OSi. The van der Waals surface area contributed by atoms with Gasteiger partial charge in [-0.15, -0.1) is 0 Å². The van der Waals surface area contributed by atoms with Crippen LogP contribution in [0.1, 0.15) is 19.3 Å². The van der Waals surface area contributed by atoms with Gasteiger partial charge in [-0.25, -0.2) is 0 Å². The van der Waals surface area contributed by atoms with Crippen LogP contribution < -0.4 is 11.5 Å². The van der Waals surface area contributed by atoms with Crippen molar-refractivity contribution in [1.82, 2.24) is 0 Å². The molecule has 12 heavy (non-hydrogen) atoms. The van der Waals surface area contributed by atoms with Gasteiger partial charge in [0.2, 0.25) is 0 Å². The minimum absolute atomic E-state index is 0.127. The Bertz CT molecular complexity index is 134. The van der Waals surface area contributed by atoms with E-state index in [1.165, 1.54) is 6.42 Å². The fraction of sp³-hybridized carbons (Fsp3) is 1.00. The standard InChI is InChI=1S/C8H20N2OSi/c1-12(2)8(7(9)10)5-3-4-6-11-8/h7,12H,3-6,9-10H2,1-2H3. The molecule has 1 unspecified atom stereocenters. The number of hydrogen-bond acceptors (Lipinski definition) is 3. The largest absolute Gasteiger partial charge is 0.376 e. The van der Waals surface area contributed by atoms with Crippen molar-refractivity contribution in [2.75, 3.05) is 6.61 Å². The minimum atomic E-state index is -0.918. The van der Waals surface area contributed by atoms with E-state index in [2.05, 4.69) is 13.1 Å². The molecule has 1 fully saturated rings. The SMILES string of the molecule is C[SiH](C)C1(C(N)N)CCCCO1. The summed E-state index contributed by atoms with van der Waals surface area (Å²) in [5, 5.41) is -0.127. The van der Waals surface area contributed by atoms with E-state index in [4.69, 9.17) is 16.2 Å². The van der Waals surface area contributed by atoms with Crippen LogP contribution in [0.15, 0.2) is 0 Å². The monoisotopic (exact) mass is 188 g/mol. The molecule has 0 spiro atoms. The molecule has 0 saturated carbocycles. The normalized spacial score (nSPS) is 31.5. The second kappa shape index (κ2) is 3.87. The average Bonchev–Trinajstić information content (AvgIpc) is 2.05. The van der Waals surface area contributed by atoms with E-state index in [1.807, 2.05) is 0 Å². The van der Waals surface area contributed by atoms with Crippen LogP contribution in [0.4, 0.5) is 0 Å². The molecule has 72 valence electrons. The first-order chi connectivity index (χ1) is 5.59. The topological polar surface area (TPSA) is 61.3 Å². The lowest BCUT2D eigenvalue weighted by molar-refractivity contribution is -0.0375. The molecule has 0 amide bonds. The van der Waals surface area contributed by atoms with Gasteiger partial charge in [0, 0.05) is 6.61 Å². The van der Waals surface area contributed by atoms with Crippen LogP contribution in [0.3, 0.4) is 0 Å². The predicted octanol–water partition coefficient (Wildman–Crippen LogP) is 0.195. The van der Waals surface area contributed by atoms with Gasteiger partial charge in [0.25, 0.3) is 0 Å². The molecule has 4 heteroatoms. The van der Waals surface area contributed by atoms with E-state index in [-0.39, 0.29) is 11.4 Å². The molecule has 1 saturated heterocycles. The molecule has 1 atom stereocenters. The Morgan fingerprint density at radius 3 is 2.25 bits per heavy atom. The molecule has 4 N–H and O–H groups in total. The Kier molecular flexibility index (Phi) is 3.28. The molecule has 1 heterocycles. The highest BCUT2D eigenvalue weighted by Crippen LogP contribution is 2.28. The zero-order valence-corrected chi connectivity index (χ0v) is 9.20. The van der Waals surface area contributed by atoms with Gasteiger partial charge in [0.05, 0.1) is 20.2 Å². The maximum Gasteiger partial charge on any atom is 0.0821 e. The van der Waals surface area contributed by atoms with E-state index >= 15 is 0 Å². The van der Waals surface area contributed by atoms with Crippen molar-refractivity contribution in [3.05, 3.63) is 0 Å². The third-order valence-corrected chi connectivity index (χ3v) is 5.67. The van der Waals surface area contributed by atoms with Crippen LogP contribution in [-0.2, 0) is 4.74 Å². The zero-order valence-electron chi connectivity index (χ0n) is 8.05. The van der Waals surface area contributed by atoms with Crippen LogP contribution >= 0.6 is 0 Å². The van der Waals surface area contributed by atoms with Crippen molar-refractivity contribution in [1.29, 1.82) is 0 Å². The first-order valence-electron chi connectivity index (χ1n) is 4.75. The molecule has 1 aliphatic heterocycles. The van der Waals surface area contributed by atoms with Crippen molar-refractivity contribution >= 4 is 8.80 Å². The summed E-state index contributed by atoms with van der Waals surface area (Å²) < 4.78 is 5.80. The van der Waals surface area contributed by atoms with Gasteiger partial charge < -0.3 is 16.2 Å². The third-order valence-electron chi connectivity index (χ3n) is 2.87. The van der Waals surface area contributed by atoms with Crippen LogP contribution in [-0.4, -0.2) is 26.8 Å². The number of nitrogens with two attached hydrogens (primary N) is 2. The number of rotatable bonds is 2. The van der Waals surface area contributed by atoms with Crippen molar-refractivity contribution in [3.8, 4) is 0 Å². The van der Waals surface area contributed by atoms with Gasteiger partial charge >= 0.3 is 0 Å². The molecule has 0 aromatic heterocycles. The number of ether oxygens (including phenoxy) is 1. The summed E-state index contributed by atoms with van der Waals surface area (Å²) in [6.45, 7) is 5.37.